The molecule has 1 aromatic rings. The minimum absolute atomic E-state index is 0.254. The Morgan fingerprint density at radius 3 is 2.41 bits per heavy atom. The summed E-state index contributed by atoms with van der Waals surface area (Å²) in [5, 5.41) is 0. The minimum Gasteiger partial charge on any atom is -0.324 e. The average molecular weight is 231 g/mol. The molecular weight excluding hydrogens is 206 g/mol. The predicted molar refractivity (Wildman–Crippen MR) is 73.9 cm³/mol. The molecule has 0 spiro atoms. The molecule has 0 saturated heterocycles. The highest BCUT2D eigenvalue weighted by Gasteiger charge is 2.22. The fourth-order valence-electron chi connectivity index (χ4n) is 3.11. The molecule has 1 aromatic carbocycles. The molecule has 17 heavy (non-hydrogen) atoms. The highest BCUT2D eigenvalue weighted by Crippen LogP contribution is 2.33. The van der Waals surface area contributed by atoms with Crippen molar-refractivity contribution >= 4 is 0 Å². The average Bonchev–Trinajstić information content (AvgIpc) is 2.66. The highest BCUT2D eigenvalue weighted by molar-refractivity contribution is 5.30. The van der Waals surface area contributed by atoms with Crippen LogP contribution in [0, 0.1) is 5.92 Å². The van der Waals surface area contributed by atoms with Crippen molar-refractivity contribution in [2.45, 2.75) is 57.9 Å². The summed E-state index contributed by atoms with van der Waals surface area (Å²) in [6.45, 7) is 2.22. The SMILES string of the molecule is CCc1ccccc1C(N)C1CCCCCC1. The van der Waals surface area contributed by atoms with E-state index in [2.05, 4.69) is 31.2 Å². The van der Waals surface area contributed by atoms with Crippen LogP contribution in [-0.2, 0) is 6.42 Å². The zero-order valence-electron chi connectivity index (χ0n) is 11.0. The Balaban J connectivity index is 2.14. The van der Waals surface area contributed by atoms with E-state index in [-0.39, 0.29) is 6.04 Å². The largest absolute Gasteiger partial charge is 0.324 e. The van der Waals surface area contributed by atoms with Crippen LogP contribution in [0.15, 0.2) is 24.3 Å². The smallest absolute Gasteiger partial charge is 0.0326 e. The van der Waals surface area contributed by atoms with E-state index in [0.717, 1.165) is 6.42 Å². The topological polar surface area (TPSA) is 26.0 Å². The van der Waals surface area contributed by atoms with Crippen molar-refractivity contribution in [3.05, 3.63) is 35.4 Å². The van der Waals surface area contributed by atoms with Gasteiger partial charge in [0.05, 0.1) is 0 Å². The van der Waals surface area contributed by atoms with Crippen molar-refractivity contribution in [2.75, 3.05) is 0 Å². The van der Waals surface area contributed by atoms with E-state index < -0.39 is 0 Å². The molecule has 0 bridgehead atoms. The maximum Gasteiger partial charge on any atom is 0.0326 e. The van der Waals surface area contributed by atoms with Gasteiger partial charge in [-0.3, -0.25) is 0 Å². The zero-order chi connectivity index (χ0) is 12.1. The lowest BCUT2D eigenvalue weighted by Gasteiger charge is -2.24. The number of hydrogen-bond acceptors (Lipinski definition) is 1. The minimum atomic E-state index is 0.254. The summed E-state index contributed by atoms with van der Waals surface area (Å²) in [5.41, 5.74) is 9.34. The number of aryl methyl sites for hydroxylation is 1. The molecule has 1 unspecified atom stereocenters. The molecule has 2 rings (SSSR count). The number of hydrogen-bond donors (Lipinski definition) is 1. The third-order valence-electron chi connectivity index (χ3n) is 4.20. The van der Waals surface area contributed by atoms with E-state index in [1.54, 1.807) is 0 Å². The Bertz CT molecular complexity index is 337. The van der Waals surface area contributed by atoms with Crippen LogP contribution in [0.2, 0.25) is 0 Å². The first-order chi connectivity index (χ1) is 8.33. The third kappa shape index (κ3) is 3.10. The standard InChI is InChI=1S/C16H25N/c1-2-13-9-7-8-12-15(13)16(17)14-10-5-3-4-6-11-14/h7-9,12,14,16H,2-6,10-11,17H2,1H3. The van der Waals surface area contributed by atoms with Crippen molar-refractivity contribution in [3.63, 3.8) is 0 Å². The Morgan fingerprint density at radius 2 is 1.76 bits per heavy atom. The summed E-state index contributed by atoms with van der Waals surface area (Å²) in [4.78, 5) is 0. The van der Waals surface area contributed by atoms with Gasteiger partial charge in [-0.2, -0.15) is 0 Å². The van der Waals surface area contributed by atoms with E-state index in [0.29, 0.717) is 5.92 Å². The number of nitrogens with two attached hydrogens (primary N) is 1. The van der Waals surface area contributed by atoms with Crippen molar-refractivity contribution in [1.82, 2.24) is 0 Å². The molecule has 0 heterocycles. The van der Waals surface area contributed by atoms with Gasteiger partial charge < -0.3 is 5.73 Å². The van der Waals surface area contributed by atoms with Crippen LogP contribution in [0.5, 0.6) is 0 Å². The second kappa shape index (κ2) is 6.20. The third-order valence-corrected chi connectivity index (χ3v) is 4.20. The molecule has 94 valence electrons. The van der Waals surface area contributed by atoms with Crippen LogP contribution >= 0.6 is 0 Å². The van der Waals surface area contributed by atoms with Gasteiger partial charge >= 0.3 is 0 Å². The molecule has 0 aromatic heterocycles. The van der Waals surface area contributed by atoms with Crippen molar-refractivity contribution < 1.29 is 0 Å². The van der Waals surface area contributed by atoms with Crippen LogP contribution in [-0.4, -0.2) is 0 Å². The summed E-state index contributed by atoms with van der Waals surface area (Å²) >= 11 is 0. The fourth-order valence-corrected chi connectivity index (χ4v) is 3.11. The van der Waals surface area contributed by atoms with Crippen molar-refractivity contribution in [1.29, 1.82) is 0 Å². The van der Waals surface area contributed by atoms with Gasteiger partial charge in [0.2, 0.25) is 0 Å². The van der Waals surface area contributed by atoms with Crippen LogP contribution < -0.4 is 5.73 Å². The molecular formula is C16H25N. The normalized spacial score (nSPS) is 19.9. The summed E-state index contributed by atoms with van der Waals surface area (Å²) in [6.07, 6.45) is 9.27. The molecule has 1 saturated carbocycles. The van der Waals surface area contributed by atoms with Crippen molar-refractivity contribution in [2.24, 2.45) is 11.7 Å². The van der Waals surface area contributed by atoms with E-state index in [1.807, 2.05) is 0 Å². The highest BCUT2D eigenvalue weighted by atomic mass is 14.7. The first-order valence-corrected chi connectivity index (χ1v) is 7.16. The molecule has 0 amide bonds. The fraction of sp³-hybridized carbons (Fsp3) is 0.625. The summed E-state index contributed by atoms with van der Waals surface area (Å²) < 4.78 is 0. The predicted octanol–water partition coefficient (Wildman–Crippen LogP) is 4.22. The summed E-state index contributed by atoms with van der Waals surface area (Å²) in [7, 11) is 0. The van der Waals surface area contributed by atoms with E-state index in [4.69, 9.17) is 5.73 Å². The van der Waals surface area contributed by atoms with E-state index in [1.165, 1.54) is 49.7 Å². The second-order valence-corrected chi connectivity index (χ2v) is 5.33. The molecule has 1 heteroatoms. The van der Waals surface area contributed by atoms with Gasteiger partial charge in [-0.15, -0.1) is 0 Å². The first-order valence-electron chi connectivity index (χ1n) is 7.16. The zero-order valence-corrected chi connectivity index (χ0v) is 11.0. The van der Waals surface area contributed by atoms with Gasteiger partial charge in [-0.1, -0.05) is 56.9 Å². The van der Waals surface area contributed by atoms with Crippen LogP contribution in [0.3, 0.4) is 0 Å². The van der Waals surface area contributed by atoms with Crippen LogP contribution in [0.1, 0.15) is 62.6 Å². The second-order valence-electron chi connectivity index (χ2n) is 5.33. The summed E-state index contributed by atoms with van der Waals surface area (Å²) in [5.74, 6) is 0.699. The van der Waals surface area contributed by atoms with Gasteiger partial charge in [0.1, 0.15) is 0 Å². The van der Waals surface area contributed by atoms with Crippen LogP contribution in [0.25, 0.3) is 0 Å². The lowest BCUT2D eigenvalue weighted by molar-refractivity contribution is 0.381. The number of rotatable bonds is 3. The Labute approximate surface area is 105 Å². The maximum atomic E-state index is 6.52. The monoisotopic (exact) mass is 231 g/mol. The quantitative estimate of drug-likeness (QED) is 0.774. The lowest BCUT2D eigenvalue weighted by Crippen LogP contribution is -2.22. The molecule has 1 aliphatic carbocycles. The van der Waals surface area contributed by atoms with Gasteiger partial charge in [-0.25, -0.2) is 0 Å². The molecule has 2 N–H and O–H groups in total. The molecule has 1 nitrogen and oxygen atoms in total. The van der Waals surface area contributed by atoms with Gasteiger partial charge in [0.15, 0.2) is 0 Å². The molecule has 0 aliphatic heterocycles. The summed E-state index contributed by atoms with van der Waals surface area (Å²) in [6, 6.07) is 8.97. The Kier molecular flexibility index (Phi) is 4.61. The van der Waals surface area contributed by atoms with E-state index >= 15 is 0 Å². The first kappa shape index (κ1) is 12.6. The van der Waals surface area contributed by atoms with E-state index in [9.17, 15) is 0 Å². The molecule has 0 radical (unpaired) electrons. The number of benzene rings is 1. The lowest BCUT2D eigenvalue weighted by atomic mass is 9.85. The Morgan fingerprint density at radius 1 is 1.12 bits per heavy atom. The molecule has 1 fully saturated rings. The maximum absolute atomic E-state index is 6.52. The Hall–Kier alpha value is -0.820. The van der Waals surface area contributed by atoms with Gasteiger partial charge in [0.25, 0.3) is 0 Å². The van der Waals surface area contributed by atoms with Gasteiger partial charge in [-0.05, 0) is 36.3 Å². The molecule has 1 atom stereocenters. The van der Waals surface area contributed by atoms with Gasteiger partial charge in [0, 0.05) is 6.04 Å². The van der Waals surface area contributed by atoms with Crippen LogP contribution in [0.4, 0.5) is 0 Å². The molecule has 1 aliphatic rings. The van der Waals surface area contributed by atoms with Crippen molar-refractivity contribution in [3.8, 4) is 0 Å².